The van der Waals surface area contributed by atoms with E-state index in [0.29, 0.717) is 24.0 Å². The fourth-order valence-electron chi connectivity index (χ4n) is 1.09. The summed E-state index contributed by atoms with van der Waals surface area (Å²) < 4.78 is 5.37. The van der Waals surface area contributed by atoms with Crippen molar-refractivity contribution in [3.63, 3.8) is 0 Å². The Bertz CT molecular complexity index is 453. The van der Waals surface area contributed by atoms with Crippen molar-refractivity contribution in [2.45, 2.75) is 13.5 Å². The zero-order valence-electron chi connectivity index (χ0n) is 8.27. The predicted molar refractivity (Wildman–Crippen MR) is 53.3 cm³/mol. The summed E-state index contributed by atoms with van der Waals surface area (Å²) >= 11 is 0. The quantitative estimate of drug-likeness (QED) is 0.772. The molecular formula is C9H11N5O. The minimum atomic E-state index is 0.337. The van der Waals surface area contributed by atoms with Crippen LogP contribution in [0.2, 0.25) is 0 Å². The SMILES string of the molecule is Cc1cc(Oc2cncc(CN)n2)n[nH]1. The third kappa shape index (κ3) is 2.29. The van der Waals surface area contributed by atoms with Crippen molar-refractivity contribution in [1.29, 1.82) is 0 Å². The Balaban J connectivity index is 2.16. The highest BCUT2D eigenvalue weighted by Crippen LogP contribution is 2.16. The number of hydrogen-bond donors (Lipinski definition) is 2. The molecule has 2 aromatic heterocycles. The van der Waals surface area contributed by atoms with E-state index in [1.54, 1.807) is 12.3 Å². The van der Waals surface area contributed by atoms with Crippen molar-refractivity contribution >= 4 is 0 Å². The Labute approximate surface area is 86.5 Å². The highest BCUT2D eigenvalue weighted by Gasteiger charge is 2.03. The zero-order valence-corrected chi connectivity index (χ0v) is 8.27. The average molecular weight is 205 g/mol. The lowest BCUT2D eigenvalue weighted by atomic mass is 10.4. The van der Waals surface area contributed by atoms with E-state index in [0.717, 1.165) is 5.69 Å². The van der Waals surface area contributed by atoms with Gasteiger partial charge in [-0.05, 0) is 6.92 Å². The molecule has 0 radical (unpaired) electrons. The summed E-state index contributed by atoms with van der Waals surface area (Å²) in [6, 6.07) is 1.77. The molecule has 78 valence electrons. The van der Waals surface area contributed by atoms with Gasteiger partial charge in [0.1, 0.15) is 0 Å². The van der Waals surface area contributed by atoms with Crippen LogP contribution in [0.15, 0.2) is 18.5 Å². The van der Waals surface area contributed by atoms with Gasteiger partial charge in [-0.15, -0.1) is 5.10 Å². The van der Waals surface area contributed by atoms with E-state index in [9.17, 15) is 0 Å². The first-order chi connectivity index (χ1) is 7.28. The van der Waals surface area contributed by atoms with Crippen molar-refractivity contribution in [2.75, 3.05) is 0 Å². The zero-order chi connectivity index (χ0) is 10.7. The van der Waals surface area contributed by atoms with E-state index in [1.807, 2.05) is 6.92 Å². The third-order valence-corrected chi connectivity index (χ3v) is 1.76. The number of nitrogens with one attached hydrogen (secondary N) is 1. The van der Waals surface area contributed by atoms with Crippen LogP contribution >= 0.6 is 0 Å². The van der Waals surface area contributed by atoms with E-state index in [2.05, 4.69) is 20.2 Å². The molecular weight excluding hydrogens is 194 g/mol. The molecule has 0 aromatic carbocycles. The summed E-state index contributed by atoms with van der Waals surface area (Å²) in [5, 5.41) is 6.69. The van der Waals surface area contributed by atoms with Crippen LogP contribution in [0.4, 0.5) is 0 Å². The maximum absolute atomic E-state index is 5.44. The van der Waals surface area contributed by atoms with E-state index in [4.69, 9.17) is 10.5 Å². The van der Waals surface area contributed by atoms with Crippen LogP contribution in [0.3, 0.4) is 0 Å². The van der Waals surface area contributed by atoms with Crippen molar-refractivity contribution < 1.29 is 4.74 Å². The number of rotatable bonds is 3. The van der Waals surface area contributed by atoms with Crippen molar-refractivity contribution in [2.24, 2.45) is 5.73 Å². The lowest BCUT2D eigenvalue weighted by molar-refractivity contribution is 0.439. The molecule has 0 saturated heterocycles. The van der Waals surface area contributed by atoms with Crippen molar-refractivity contribution in [3.8, 4) is 11.8 Å². The van der Waals surface area contributed by atoms with Crippen LogP contribution < -0.4 is 10.5 Å². The predicted octanol–water partition coefficient (Wildman–Crippen LogP) is 0.759. The van der Waals surface area contributed by atoms with Gasteiger partial charge in [0, 0.05) is 24.5 Å². The molecule has 3 N–H and O–H groups in total. The van der Waals surface area contributed by atoms with Gasteiger partial charge in [-0.25, -0.2) is 4.98 Å². The van der Waals surface area contributed by atoms with E-state index >= 15 is 0 Å². The van der Waals surface area contributed by atoms with Crippen LogP contribution in [0.5, 0.6) is 11.8 Å². The molecule has 2 rings (SSSR count). The first-order valence-corrected chi connectivity index (χ1v) is 4.49. The van der Waals surface area contributed by atoms with Crippen LogP contribution in [0, 0.1) is 6.92 Å². The Morgan fingerprint density at radius 1 is 1.40 bits per heavy atom. The number of nitrogens with zero attached hydrogens (tertiary/aromatic N) is 3. The molecule has 0 aliphatic carbocycles. The largest absolute Gasteiger partial charge is 0.417 e. The lowest BCUT2D eigenvalue weighted by Gasteiger charge is -2.01. The van der Waals surface area contributed by atoms with Gasteiger partial charge in [-0.2, -0.15) is 0 Å². The molecule has 0 aliphatic rings. The summed E-state index contributed by atoms with van der Waals surface area (Å²) in [7, 11) is 0. The van der Waals surface area contributed by atoms with E-state index < -0.39 is 0 Å². The number of hydrogen-bond acceptors (Lipinski definition) is 5. The first kappa shape index (κ1) is 9.60. The highest BCUT2D eigenvalue weighted by atomic mass is 16.5. The van der Waals surface area contributed by atoms with Gasteiger partial charge in [0.05, 0.1) is 11.9 Å². The molecule has 0 bridgehead atoms. The minimum absolute atomic E-state index is 0.337. The molecule has 2 heterocycles. The van der Waals surface area contributed by atoms with Gasteiger partial charge in [-0.1, -0.05) is 0 Å². The van der Waals surface area contributed by atoms with Gasteiger partial charge < -0.3 is 10.5 Å². The third-order valence-electron chi connectivity index (χ3n) is 1.76. The highest BCUT2D eigenvalue weighted by molar-refractivity contribution is 5.19. The maximum atomic E-state index is 5.44. The molecule has 0 aliphatic heterocycles. The second-order valence-corrected chi connectivity index (χ2v) is 3.04. The summed E-state index contributed by atoms with van der Waals surface area (Å²) in [4.78, 5) is 8.09. The standard InChI is InChI=1S/C9H11N5O/c1-6-2-8(14-13-6)15-9-5-11-4-7(3-10)12-9/h2,4-5H,3,10H2,1H3,(H,13,14). The molecule has 0 amide bonds. The van der Waals surface area contributed by atoms with E-state index in [1.165, 1.54) is 6.20 Å². The Kier molecular flexibility index (Phi) is 2.59. The number of aromatic nitrogens is 4. The molecule has 2 aromatic rings. The summed E-state index contributed by atoms with van der Waals surface area (Å²) in [5.74, 6) is 0.862. The van der Waals surface area contributed by atoms with E-state index in [-0.39, 0.29) is 0 Å². The number of nitrogens with two attached hydrogens (primary N) is 1. The van der Waals surface area contributed by atoms with Gasteiger partial charge in [-0.3, -0.25) is 10.1 Å². The van der Waals surface area contributed by atoms with Crippen molar-refractivity contribution in [3.05, 3.63) is 29.8 Å². The first-order valence-electron chi connectivity index (χ1n) is 4.49. The fourth-order valence-corrected chi connectivity index (χ4v) is 1.09. The normalized spacial score (nSPS) is 10.3. The van der Waals surface area contributed by atoms with Gasteiger partial charge >= 0.3 is 0 Å². The Morgan fingerprint density at radius 3 is 2.93 bits per heavy atom. The van der Waals surface area contributed by atoms with Gasteiger partial charge in [0.25, 0.3) is 0 Å². The summed E-state index contributed by atoms with van der Waals surface area (Å²) in [6.07, 6.45) is 3.12. The van der Waals surface area contributed by atoms with Crippen LogP contribution in [-0.2, 0) is 6.54 Å². The molecule has 6 nitrogen and oxygen atoms in total. The van der Waals surface area contributed by atoms with Crippen molar-refractivity contribution in [1.82, 2.24) is 20.2 Å². The fraction of sp³-hybridized carbons (Fsp3) is 0.222. The molecule has 0 atom stereocenters. The molecule has 15 heavy (non-hydrogen) atoms. The van der Waals surface area contributed by atoms with Crippen LogP contribution in [0.1, 0.15) is 11.4 Å². The number of aryl methyl sites for hydroxylation is 1. The number of H-pyrrole nitrogens is 1. The maximum Gasteiger partial charge on any atom is 0.240 e. The smallest absolute Gasteiger partial charge is 0.240 e. The number of aromatic amines is 1. The second kappa shape index (κ2) is 4.05. The lowest BCUT2D eigenvalue weighted by Crippen LogP contribution is -2.01. The Morgan fingerprint density at radius 2 is 2.27 bits per heavy atom. The molecule has 0 saturated carbocycles. The molecule has 0 spiro atoms. The number of ether oxygens (including phenoxy) is 1. The topological polar surface area (TPSA) is 89.7 Å². The molecule has 0 unspecified atom stereocenters. The monoisotopic (exact) mass is 205 g/mol. The summed E-state index contributed by atoms with van der Waals surface area (Å²) in [6.45, 7) is 2.23. The van der Waals surface area contributed by atoms with Gasteiger partial charge in [0.15, 0.2) is 0 Å². The van der Waals surface area contributed by atoms with Crippen LogP contribution in [-0.4, -0.2) is 20.2 Å². The molecule has 6 heteroatoms. The van der Waals surface area contributed by atoms with Gasteiger partial charge in [0.2, 0.25) is 11.8 Å². The van der Waals surface area contributed by atoms with Crippen LogP contribution in [0.25, 0.3) is 0 Å². The minimum Gasteiger partial charge on any atom is -0.417 e. The average Bonchev–Trinajstić information content (AvgIpc) is 2.64. The Hall–Kier alpha value is -1.95. The molecule has 0 fully saturated rings. The second-order valence-electron chi connectivity index (χ2n) is 3.04. The summed E-state index contributed by atoms with van der Waals surface area (Å²) in [5.41, 5.74) is 7.04.